The molecule has 1 unspecified atom stereocenters. The van der Waals surface area contributed by atoms with Crippen molar-refractivity contribution in [3.8, 4) is 5.75 Å². The average Bonchev–Trinajstić information content (AvgIpc) is 3.56. The van der Waals surface area contributed by atoms with Crippen molar-refractivity contribution in [1.29, 1.82) is 0 Å². The van der Waals surface area contributed by atoms with Gasteiger partial charge in [-0.05, 0) is 49.2 Å². The highest BCUT2D eigenvalue weighted by molar-refractivity contribution is 14.0. The summed E-state index contributed by atoms with van der Waals surface area (Å²) in [5.74, 6) is 1.74. The maximum absolute atomic E-state index is 5.67. The van der Waals surface area contributed by atoms with E-state index in [0.717, 1.165) is 37.9 Å². The van der Waals surface area contributed by atoms with Crippen LogP contribution in [0, 0.1) is 0 Å². The van der Waals surface area contributed by atoms with Crippen molar-refractivity contribution in [3.05, 3.63) is 83.7 Å². The van der Waals surface area contributed by atoms with Gasteiger partial charge in [0.15, 0.2) is 5.96 Å². The maximum Gasteiger partial charge on any atom is 0.191 e. The minimum atomic E-state index is 0. The van der Waals surface area contributed by atoms with Crippen LogP contribution in [0.5, 0.6) is 5.75 Å². The first kappa shape index (κ1) is 26.0. The number of hydrogen-bond acceptors (Lipinski definition) is 4. The Hall–Kier alpha value is -2.59. The number of nitrogens with zero attached hydrogens (tertiary/aromatic N) is 4. The van der Waals surface area contributed by atoms with Crippen molar-refractivity contribution in [2.24, 2.45) is 4.99 Å². The van der Waals surface area contributed by atoms with E-state index in [1.165, 1.54) is 29.5 Å². The van der Waals surface area contributed by atoms with E-state index in [0.29, 0.717) is 6.54 Å². The molecular formula is C26H35IN6O. The monoisotopic (exact) mass is 574 g/mol. The summed E-state index contributed by atoms with van der Waals surface area (Å²) in [6.07, 6.45) is 6.28. The van der Waals surface area contributed by atoms with Crippen LogP contribution in [0.4, 0.5) is 0 Å². The van der Waals surface area contributed by atoms with Gasteiger partial charge in [-0.1, -0.05) is 42.5 Å². The molecule has 3 aromatic rings. The molecule has 8 heteroatoms. The van der Waals surface area contributed by atoms with Crippen LogP contribution in [0.2, 0.25) is 0 Å². The van der Waals surface area contributed by atoms with Gasteiger partial charge in [-0.3, -0.25) is 14.6 Å². The molecule has 0 amide bonds. The number of rotatable bonds is 9. The number of hydrogen-bond donors (Lipinski definition) is 2. The van der Waals surface area contributed by atoms with E-state index in [-0.39, 0.29) is 30.0 Å². The van der Waals surface area contributed by atoms with Crippen LogP contribution in [-0.4, -0.2) is 54.4 Å². The van der Waals surface area contributed by atoms with Crippen molar-refractivity contribution < 1.29 is 4.74 Å². The zero-order valence-corrected chi connectivity index (χ0v) is 22.3. The van der Waals surface area contributed by atoms with Crippen LogP contribution in [0.1, 0.15) is 35.6 Å². The molecule has 182 valence electrons. The fourth-order valence-electron chi connectivity index (χ4n) is 4.45. The largest absolute Gasteiger partial charge is 0.496 e. The summed E-state index contributed by atoms with van der Waals surface area (Å²) in [6, 6.07) is 19.1. The van der Waals surface area contributed by atoms with Crippen LogP contribution < -0.4 is 15.4 Å². The van der Waals surface area contributed by atoms with Gasteiger partial charge in [0.1, 0.15) is 5.75 Å². The minimum absolute atomic E-state index is 0. The number of methoxy groups -OCH3 is 1. The van der Waals surface area contributed by atoms with Crippen LogP contribution in [0.15, 0.2) is 72.0 Å². The number of ether oxygens (including phenoxy) is 1. The third-order valence-corrected chi connectivity index (χ3v) is 6.12. The van der Waals surface area contributed by atoms with E-state index in [1.54, 1.807) is 7.11 Å². The summed E-state index contributed by atoms with van der Waals surface area (Å²) in [5, 5.41) is 11.3. The quantitative estimate of drug-likeness (QED) is 0.229. The molecule has 0 saturated carbocycles. The lowest BCUT2D eigenvalue weighted by Crippen LogP contribution is -2.42. The van der Waals surface area contributed by atoms with E-state index in [4.69, 9.17) is 4.74 Å². The molecule has 34 heavy (non-hydrogen) atoms. The third kappa shape index (κ3) is 6.96. The van der Waals surface area contributed by atoms with Crippen molar-refractivity contribution in [3.63, 3.8) is 0 Å². The van der Waals surface area contributed by atoms with Crippen molar-refractivity contribution >= 4 is 29.9 Å². The summed E-state index contributed by atoms with van der Waals surface area (Å²) in [7, 11) is 3.56. The molecule has 1 aliphatic heterocycles. The van der Waals surface area contributed by atoms with Crippen LogP contribution >= 0.6 is 24.0 Å². The molecule has 2 N–H and O–H groups in total. The summed E-state index contributed by atoms with van der Waals surface area (Å²) in [6.45, 7) is 4.46. The number of halogens is 1. The Morgan fingerprint density at radius 3 is 2.59 bits per heavy atom. The van der Waals surface area contributed by atoms with Crippen LogP contribution in [-0.2, 0) is 13.1 Å². The highest BCUT2D eigenvalue weighted by Crippen LogP contribution is 2.31. The summed E-state index contributed by atoms with van der Waals surface area (Å²) in [4.78, 5) is 6.99. The number of nitrogens with one attached hydrogen (secondary N) is 2. The first-order chi connectivity index (χ1) is 16.3. The zero-order valence-electron chi connectivity index (χ0n) is 20.0. The Balaban J connectivity index is 0.00000324. The van der Waals surface area contributed by atoms with Crippen molar-refractivity contribution in [1.82, 2.24) is 25.3 Å². The SMILES string of the molecule is CN=C(NCc1cccc(Cn2cccn2)c1)NCC(c1ccccc1OC)N1CCCC1.I. The second-order valence-corrected chi connectivity index (χ2v) is 8.33. The first-order valence-electron chi connectivity index (χ1n) is 11.6. The molecule has 1 aromatic heterocycles. The van der Waals surface area contributed by atoms with E-state index in [9.17, 15) is 0 Å². The van der Waals surface area contributed by atoms with E-state index < -0.39 is 0 Å². The van der Waals surface area contributed by atoms with Gasteiger partial charge in [-0.25, -0.2) is 0 Å². The summed E-state index contributed by atoms with van der Waals surface area (Å²) < 4.78 is 7.60. The van der Waals surface area contributed by atoms with E-state index in [2.05, 4.69) is 62.0 Å². The molecule has 2 heterocycles. The van der Waals surface area contributed by atoms with Gasteiger partial charge in [-0.15, -0.1) is 24.0 Å². The molecule has 1 atom stereocenters. The van der Waals surface area contributed by atoms with Gasteiger partial charge < -0.3 is 15.4 Å². The number of guanidine groups is 1. The first-order valence-corrected chi connectivity index (χ1v) is 11.6. The Morgan fingerprint density at radius 2 is 1.85 bits per heavy atom. The van der Waals surface area contributed by atoms with Crippen LogP contribution in [0.3, 0.4) is 0 Å². The fraction of sp³-hybridized carbons (Fsp3) is 0.385. The highest BCUT2D eigenvalue weighted by Gasteiger charge is 2.26. The Bertz CT molecular complexity index is 1030. The minimum Gasteiger partial charge on any atom is -0.496 e. The lowest BCUT2D eigenvalue weighted by molar-refractivity contribution is 0.239. The van der Waals surface area contributed by atoms with Crippen molar-refractivity contribution in [2.75, 3.05) is 33.8 Å². The normalized spacial score (nSPS) is 14.9. The molecule has 7 nitrogen and oxygen atoms in total. The fourth-order valence-corrected chi connectivity index (χ4v) is 4.45. The molecular weight excluding hydrogens is 539 g/mol. The summed E-state index contributed by atoms with van der Waals surface area (Å²) in [5.41, 5.74) is 3.66. The number of aliphatic imine (C=N–C) groups is 1. The smallest absolute Gasteiger partial charge is 0.191 e. The lowest BCUT2D eigenvalue weighted by atomic mass is 10.0. The predicted octanol–water partition coefficient (Wildman–Crippen LogP) is 4.06. The van der Waals surface area contributed by atoms with E-state index in [1.807, 2.05) is 42.3 Å². The predicted molar refractivity (Wildman–Crippen MR) is 148 cm³/mol. The molecule has 0 spiro atoms. The van der Waals surface area contributed by atoms with Gasteiger partial charge in [0.2, 0.25) is 0 Å². The molecule has 1 aliphatic rings. The Kier molecular flexibility index (Phi) is 10.2. The topological polar surface area (TPSA) is 66.7 Å². The Morgan fingerprint density at radius 1 is 1.06 bits per heavy atom. The van der Waals surface area contributed by atoms with Crippen LogP contribution in [0.25, 0.3) is 0 Å². The maximum atomic E-state index is 5.67. The van der Waals surface area contributed by atoms with Crippen molar-refractivity contribution in [2.45, 2.75) is 32.0 Å². The summed E-state index contributed by atoms with van der Waals surface area (Å²) >= 11 is 0. The van der Waals surface area contributed by atoms with Gasteiger partial charge in [0.05, 0.1) is 19.7 Å². The number of para-hydroxylation sites is 1. The zero-order chi connectivity index (χ0) is 22.9. The standard InChI is InChI=1S/C26H34N6O.HI/c1-27-26(28-18-21-9-7-10-22(17-21)20-32-16-8-13-30-32)29-19-24(31-14-5-6-15-31)23-11-3-4-12-25(23)33-2;/h3-4,7-13,16-17,24H,5-6,14-15,18-20H2,1-2H3,(H2,27,28,29);1H. The molecule has 4 rings (SSSR count). The molecule has 0 radical (unpaired) electrons. The van der Waals surface area contributed by atoms with Gasteiger partial charge in [0.25, 0.3) is 0 Å². The van der Waals surface area contributed by atoms with E-state index >= 15 is 0 Å². The molecule has 0 bridgehead atoms. The average molecular weight is 575 g/mol. The highest BCUT2D eigenvalue weighted by atomic mass is 127. The Labute approximate surface area is 219 Å². The number of aromatic nitrogens is 2. The van der Waals surface area contributed by atoms with Gasteiger partial charge in [-0.2, -0.15) is 5.10 Å². The molecule has 0 aliphatic carbocycles. The number of benzene rings is 2. The number of likely N-dealkylation sites (tertiary alicyclic amines) is 1. The second kappa shape index (κ2) is 13.3. The molecule has 2 aromatic carbocycles. The molecule has 1 fully saturated rings. The van der Waals surface area contributed by atoms with Gasteiger partial charge >= 0.3 is 0 Å². The van der Waals surface area contributed by atoms with Gasteiger partial charge in [0, 0.05) is 38.1 Å². The lowest BCUT2D eigenvalue weighted by Gasteiger charge is -2.30. The molecule has 1 saturated heterocycles. The second-order valence-electron chi connectivity index (χ2n) is 8.33. The third-order valence-electron chi connectivity index (χ3n) is 6.12.